The van der Waals surface area contributed by atoms with Crippen molar-refractivity contribution < 1.29 is 4.79 Å². The molecule has 0 fully saturated rings. The van der Waals surface area contributed by atoms with E-state index in [1.165, 1.54) is 18.4 Å². The Morgan fingerprint density at radius 1 is 1.50 bits per heavy atom. The third-order valence-corrected chi connectivity index (χ3v) is 1.91. The summed E-state index contributed by atoms with van der Waals surface area (Å²) in [6.07, 6.45) is 7.00. The van der Waals surface area contributed by atoms with Gasteiger partial charge in [-0.1, -0.05) is 25.0 Å². The van der Waals surface area contributed by atoms with Gasteiger partial charge in [-0.25, -0.2) is 0 Å². The van der Waals surface area contributed by atoms with Gasteiger partial charge in [0.25, 0.3) is 0 Å². The highest BCUT2D eigenvalue weighted by Gasteiger charge is 2.08. The molecule has 1 aliphatic rings. The molecular formula is C9H14O. The molecule has 0 unspecified atom stereocenters. The fourth-order valence-electron chi connectivity index (χ4n) is 1.31. The molecule has 1 rings (SSSR count). The SMILES string of the molecule is CCCC1=CCC(=O)CC1. The lowest BCUT2D eigenvalue weighted by Crippen LogP contribution is -2.03. The molecule has 0 aromatic carbocycles. The summed E-state index contributed by atoms with van der Waals surface area (Å²) in [7, 11) is 0. The average molecular weight is 138 g/mol. The number of carbonyl (C=O) groups excluding carboxylic acids is 1. The third kappa shape index (κ3) is 1.98. The van der Waals surface area contributed by atoms with Crippen molar-refractivity contribution in [1.82, 2.24) is 0 Å². The van der Waals surface area contributed by atoms with Gasteiger partial charge in [0.1, 0.15) is 5.78 Å². The van der Waals surface area contributed by atoms with E-state index in [4.69, 9.17) is 0 Å². The van der Waals surface area contributed by atoms with E-state index < -0.39 is 0 Å². The normalized spacial score (nSPS) is 18.9. The summed E-state index contributed by atoms with van der Waals surface area (Å²) >= 11 is 0. The van der Waals surface area contributed by atoms with E-state index in [0.717, 1.165) is 12.8 Å². The van der Waals surface area contributed by atoms with Crippen molar-refractivity contribution in [2.24, 2.45) is 0 Å². The zero-order chi connectivity index (χ0) is 7.40. The minimum Gasteiger partial charge on any atom is -0.299 e. The van der Waals surface area contributed by atoms with Gasteiger partial charge in [0.15, 0.2) is 0 Å². The van der Waals surface area contributed by atoms with Gasteiger partial charge in [0.2, 0.25) is 0 Å². The summed E-state index contributed by atoms with van der Waals surface area (Å²) in [6.45, 7) is 2.18. The molecule has 0 N–H and O–H groups in total. The third-order valence-electron chi connectivity index (χ3n) is 1.91. The summed E-state index contributed by atoms with van der Waals surface area (Å²) in [6, 6.07) is 0. The van der Waals surface area contributed by atoms with Gasteiger partial charge in [-0.2, -0.15) is 0 Å². The van der Waals surface area contributed by atoms with Crippen LogP contribution >= 0.6 is 0 Å². The van der Waals surface area contributed by atoms with Crippen LogP contribution in [0, 0.1) is 0 Å². The number of hydrogen-bond acceptors (Lipinski definition) is 1. The minimum atomic E-state index is 0.403. The maximum absolute atomic E-state index is 10.8. The van der Waals surface area contributed by atoms with Gasteiger partial charge in [-0.3, -0.25) is 4.79 Å². The minimum absolute atomic E-state index is 0.403. The fourth-order valence-corrected chi connectivity index (χ4v) is 1.31. The van der Waals surface area contributed by atoms with Crippen molar-refractivity contribution in [3.63, 3.8) is 0 Å². The molecule has 1 heteroatoms. The van der Waals surface area contributed by atoms with Crippen LogP contribution in [0.5, 0.6) is 0 Å². The van der Waals surface area contributed by atoms with Crippen molar-refractivity contribution >= 4 is 5.78 Å². The molecule has 0 aromatic heterocycles. The van der Waals surface area contributed by atoms with Crippen LogP contribution in [-0.2, 0) is 4.79 Å². The Morgan fingerprint density at radius 3 is 2.80 bits per heavy atom. The van der Waals surface area contributed by atoms with Gasteiger partial charge in [0.05, 0.1) is 0 Å². The Hall–Kier alpha value is -0.590. The van der Waals surface area contributed by atoms with E-state index in [0.29, 0.717) is 12.2 Å². The Labute approximate surface area is 62.1 Å². The quantitative estimate of drug-likeness (QED) is 0.536. The second-order valence-corrected chi connectivity index (χ2v) is 2.86. The lowest BCUT2D eigenvalue weighted by Gasteiger charge is -2.09. The number of ketones is 1. The Kier molecular flexibility index (Phi) is 2.67. The van der Waals surface area contributed by atoms with Crippen LogP contribution in [-0.4, -0.2) is 5.78 Å². The van der Waals surface area contributed by atoms with Crippen molar-refractivity contribution in [2.75, 3.05) is 0 Å². The van der Waals surface area contributed by atoms with E-state index in [-0.39, 0.29) is 0 Å². The Balaban J connectivity index is 2.40. The van der Waals surface area contributed by atoms with Crippen LogP contribution in [0.25, 0.3) is 0 Å². The number of carbonyl (C=O) groups is 1. The fraction of sp³-hybridized carbons (Fsp3) is 0.667. The van der Waals surface area contributed by atoms with Crippen molar-refractivity contribution in [3.8, 4) is 0 Å². The monoisotopic (exact) mass is 138 g/mol. The first-order valence-electron chi connectivity index (χ1n) is 4.02. The molecule has 0 aliphatic heterocycles. The molecule has 0 saturated heterocycles. The maximum atomic E-state index is 10.8. The molecular weight excluding hydrogens is 124 g/mol. The second kappa shape index (κ2) is 3.55. The number of hydrogen-bond donors (Lipinski definition) is 0. The molecule has 0 bridgehead atoms. The molecule has 56 valence electrons. The zero-order valence-corrected chi connectivity index (χ0v) is 6.52. The number of rotatable bonds is 2. The highest BCUT2D eigenvalue weighted by molar-refractivity contribution is 5.81. The molecule has 0 spiro atoms. The van der Waals surface area contributed by atoms with E-state index in [1.54, 1.807) is 0 Å². The molecule has 1 nitrogen and oxygen atoms in total. The van der Waals surface area contributed by atoms with E-state index in [1.807, 2.05) is 0 Å². The van der Waals surface area contributed by atoms with Crippen LogP contribution in [0.4, 0.5) is 0 Å². The van der Waals surface area contributed by atoms with Crippen LogP contribution in [0.2, 0.25) is 0 Å². The first-order valence-corrected chi connectivity index (χ1v) is 4.02. The first-order chi connectivity index (χ1) is 4.83. The van der Waals surface area contributed by atoms with Crippen molar-refractivity contribution in [3.05, 3.63) is 11.6 Å². The van der Waals surface area contributed by atoms with E-state index in [2.05, 4.69) is 13.0 Å². The Morgan fingerprint density at radius 2 is 2.30 bits per heavy atom. The smallest absolute Gasteiger partial charge is 0.136 e. The average Bonchev–Trinajstić information content (AvgIpc) is 1.95. The molecule has 0 amide bonds. The summed E-state index contributed by atoms with van der Waals surface area (Å²) < 4.78 is 0. The van der Waals surface area contributed by atoms with E-state index in [9.17, 15) is 4.79 Å². The van der Waals surface area contributed by atoms with Crippen LogP contribution in [0.3, 0.4) is 0 Å². The molecule has 0 aromatic rings. The highest BCUT2D eigenvalue weighted by atomic mass is 16.1. The molecule has 0 saturated carbocycles. The van der Waals surface area contributed by atoms with Crippen molar-refractivity contribution in [2.45, 2.75) is 39.0 Å². The molecule has 10 heavy (non-hydrogen) atoms. The lowest BCUT2D eigenvalue weighted by atomic mass is 9.96. The Bertz CT molecular complexity index is 156. The summed E-state index contributed by atoms with van der Waals surface area (Å²) in [5.41, 5.74) is 1.49. The maximum Gasteiger partial charge on any atom is 0.136 e. The van der Waals surface area contributed by atoms with Crippen LogP contribution < -0.4 is 0 Å². The summed E-state index contributed by atoms with van der Waals surface area (Å²) in [5, 5.41) is 0. The molecule has 1 aliphatic carbocycles. The van der Waals surface area contributed by atoms with Gasteiger partial charge in [-0.15, -0.1) is 0 Å². The van der Waals surface area contributed by atoms with Gasteiger partial charge >= 0.3 is 0 Å². The summed E-state index contributed by atoms with van der Waals surface area (Å²) in [5.74, 6) is 0.403. The highest BCUT2D eigenvalue weighted by Crippen LogP contribution is 2.18. The second-order valence-electron chi connectivity index (χ2n) is 2.86. The molecule has 0 heterocycles. The van der Waals surface area contributed by atoms with Gasteiger partial charge in [0, 0.05) is 12.8 Å². The number of Topliss-reactive ketones (excluding diaryl/α,β-unsaturated/α-hetero) is 1. The largest absolute Gasteiger partial charge is 0.299 e. The topological polar surface area (TPSA) is 17.1 Å². The predicted molar refractivity (Wildman–Crippen MR) is 41.8 cm³/mol. The van der Waals surface area contributed by atoms with Gasteiger partial charge < -0.3 is 0 Å². The van der Waals surface area contributed by atoms with Crippen molar-refractivity contribution in [1.29, 1.82) is 0 Å². The first kappa shape index (κ1) is 7.52. The molecule has 0 atom stereocenters. The predicted octanol–water partition coefficient (Wildman–Crippen LogP) is 2.47. The van der Waals surface area contributed by atoms with Crippen LogP contribution in [0.15, 0.2) is 11.6 Å². The van der Waals surface area contributed by atoms with Gasteiger partial charge in [-0.05, 0) is 12.8 Å². The lowest BCUT2D eigenvalue weighted by molar-refractivity contribution is -0.118. The standard InChI is InChI=1S/C9H14O/c1-2-3-8-4-6-9(10)7-5-8/h4H,2-3,5-7H2,1H3. The summed E-state index contributed by atoms with van der Waals surface area (Å²) in [4.78, 5) is 10.8. The zero-order valence-electron chi connectivity index (χ0n) is 6.52. The molecule has 0 radical (unpaired) electrons. The van der Waals surface area contributed by atoms with Crippen LogP contribution in [0.1, 0.15) is 39.0 Å². The van der Waals surface area contributed by atoms with E-state index >= 15 is 0 Å². The number of allylic oxidation sites excluding steroid dienone is 2.